The van der Waals surface area contributed by atoms with Gasteiger partial charge < -0.3 is 5.32 Å². The monoisotopic (exact) mass is 323 g/mol. The second kappa shape index (κ2) is 5.55. The van der Waals surface area contributed by atoms with Crippen LogP contribution in [-0.2, 0) is 0 Å². The van der Waals surface area contributed by atoms with Crippen molar-refractivity contribution < 1.29 is 4.79 Å². The Labute approximate surface area is 119 Å². The molecule has 0 atom stereocenters. The van der Waals surface area contributed by atoms with Crippen molar-refractivity contribution in [2.75, 3.05) is 5.32 Å². The fourth-order valence-corrected chi connectivity index (χ4v) is 2.26. The standard InChI is InChI=1S/C14H11BrClNO/c1-9-7-11(15)5-6-13(9)17-14(18)10-3-2-4-12(16)8-10/h2-8H,1H3,(H,17,18). The van der Waals surface area contributed by atoms with Gasteiger partial charge in [-0.2, -0.15) is 0 Å². The molecule has 0 aliphatic heterocycles. The van der Waals surface area contributed by atoms with Crippen LogP contribution < -0.4 is 5.32 Å². The Morgan fingerprint density at radius 3 is 2.67 bits per heavy atom. The lowest BCUT2D eigenvalue weighted by Crippen LogP contribution is -2.12. The maximum absolute atomic E-state index is 12.0. The van der Waals surface area contributed by atoms with Gasteiger partial charge >= 0.3 is 0 Å². The van der Waals surface area contributed by atoms with Crippen LogP contribution in [0.2, 0.25) is 5.02 Å². The number of aryl methyl sites for hydroxylation is 1. The molecule has 2 aromatic rings. The fraction of sp³-hybridized carbons (Fsp3) is 0.0714. The highest BCUT2D eigenvalue weighted by Gasteiger charge is 2.08. The quantitative estimate of drug-likeness (QED) is 0.855. The number of carbonyl (C=O) groups excluding carboxylic acids is 1. The summed E-state index contributed by atoms with van der Waals surface area (Å²) in [5.41, 5.74) is 2.34. The summed E-state index contributed by atoms with van der Waals surface area (Å²) in [7, 11) is 0. The van der Waals surface area contributed by atoms with Gasteiger partial charge in [-0.05, 0) is 48.9 Å². The van der Waals surface area contributed by atoms with Crippen LogP contribution >= 0.6 is 27.5 Å². The molecule has 0 fully saturated rings. The van der Waals surface area contributed by atoms with Crippen LogP contribution in [0.15, 0.2) is 46.9 Å². The molecule has 1 N–H and O–H groups in total. The highest BCUT2D eigenvalue weighted by molar-refractivity contribution is 9.10. The molecule has 0 aliphatic rings. The molecule has 2 rings (SSSR count). The number of carbonyl (C=O) groups is 1. The lowest BCUT2D eigenvalue weighted by molar-refractivity contribution is 0.102. The highest BCUT2D eigenvalue weighted by atomic mass is 79.9. The van der Waals surface area contributed by atoms with E-state index in [1.165, 1.54) is 0 Å². The van der Waals surface area contributed by atoms with Gasteiger partial charge in [0.25, 0.3) is 5.91 Å². The lowest BCUT2D eigenvalue weighted by Gasteiger charge is -2.08. The third-order valence-corrected chi connectivity index (χ3v) is 3.25. The zero-order valence-electron chi connectivity index (χ0n) is 9.71. The Morgan fingerprint density at radius 1 is 1.22 bits per heavy atom. The summed E-state index contributed by atoms with van der Waals surface area (Å²) in [6.45, 7) is 1.94. The molecule has 2 aromatic carbocycles. The van der Waals surface area contributed by atoms with Crippen LogP contribution in [0.4, 0.5) is 5.69 Å². The van der Waals surface area contributed by atoms with Gasteiger partial charge in [-0.25, -0.2) is 0 Å². The van der Waals surface area contributed by atoms with Gasteiger partial charge in [0.05, 0.1) is 0 Å². The van der Waals surface area contributed by atoms with Crippen molar-refractivity contribution >= 4 is 39.1 Å². The van der Waals surface area contributed by atoms with Gasteiger partial charge in [0.2, 0.25) is 0 Å². The van der Waals surface area contributed by atoms with Crippen LogP contribution in [0.1, 0.15) is 15.9 Å². The van der Waals surface area contributed by atoms with Gasteiger partial charge in [-0.15, -0.1) is 0 Å². The number of rotatable bonds is 2. The second-order valence-corrected chi connectivity index (χ2v) is 5.28. The fourth-order valence-electron chi connectivity index (χ4n) is 1.59. The van der Waals surface area contributed by atoms with Crippen LogP contribution in [-0.4, -0.2) is 5.91 Å². The molecule has 4 heteroatoms. The van der Waals surface area contributed by atoms with Crippen molar-refractivity contribution in [2.45, 2.75) is 6.92 Å². The number of hydrogen-bond donors (Lipinski definition) is 1. The molecule has 2 nitrogen and oxygen atoms in total. The molecule has 0 radical (unpaired) electrons. The molecule has 0 saturated carbocycles. The minimum atomic E-state index is -0.164. The van der Waals surface area contributed by atoms with E-state index < -0.39 is 0 Å². The van der Waals surface area contributed by atoms with Crippen molar-refractivity contribution in [2.24, 2.45) is 0 Å². The first-order chi connectivity index (χ1) is 8.56. The smallest absolute Gasteiger partial charge is 0.255 e. The summed E-state index contributed by atoms with van der Waals surface area (Å²) in [5.74, 6) is -0.164. The minimum absolute atomic E-state index is 0.164. The Kier molecular flexibility index (Phi) is 4.04. The number of halogens is 2. The predicted molar refractivity (Wildman–Crippen MR) is 78.3 cm³/mol. The SMILES string of the molecule is Cc1cc(Br)ccc1NC(=O)c1cccc(Cl)c1. The summed E-state index contributed by atoms with van der Waals surface area (Å²) in [4.78, 5) is 12.0. The molecule has 0 unspecified atom stereocenters. The Bertz CT molecular complexity index is 598. The molecule has 0 aliphatic carbocycles. The average Bonchev–Trinajstić information content (AvgIpc) is 2.32. The van der Waals surface area contributed by atoms with Crippen molar-refractivity contribution in [1.82, 2.24) is 0 Å². The molecule has 92 valence electrons. The molecule has 0 saturated heterocycles. The van der Waals surface area contributed by atoms with Gasteiger partial charge in [-0.3, -0.25) is 4.79 Å². The molecule has 0 bridgehead atoms. The molecule has 1 amide bonds. The summed E-state index contributed by atoms with van der Waals surface area (Å²) in [5, 5.41) is 3.41. The van der Waals surface area contributed by atoms with Crippen molar-refractivity contribution in [3.8, 4) is 0 Å². The lowest BCUT2D eigenvalue weighted by atomic mass is 10.1. The second-order valence-electron chi connectivity index (χ2n) is 3.92. The Hall–Kier alpha value is -1.32. The van der Waals surface area contributed by atoms with Gasteiger partial charge in [-0.1, -0.05) is 33.6 Å². The maximum atomic E-state index is 12.0. The summed E-state index contributed by atoms with van der Waals surface area (Å²) < 4.78 is 0.987. The van der Waals surface area contributed by atoms with E-state index in [2.05, 4.69) is 21.2 Å². The van der Waals surface area contributed by atoms with E-state index in [0.29, 0.717) is 10.6 Å². The number of benzene rings is 2. The summed E-state index contributed by atoms with van der Waals surface area (Å²) in [6, 6.07) is 12.6. The number of anilines is 1. The highest BCUT2D eigenvalue weighted by Crippen LogP contribution is 2.21. The van der Waals surface area contributed by atoms with Gasteiger partial charge in [0.1, 0.15) is 0 Å². The third kappa shape index (κ3) is 3.12. The largest absolute Gasteiger partial charge is 0.322 e. The third-order valence-electron chi connectivity index (χ3n) is 2.52. The maximum Gasteiger partial charge on any atom is 0.255 e. The molecule has 0 spiro atoms. The number of amides is 1. The Balaban J connectivity index is 2.21. The van der Waals surface area contributed by atoms with Crippen LogP contribution in [0, 0.1) is 6.92 Å². The Morgan fingerprint density at radius 2 is 2.00 bits per heavy atom. The first-order valence-corrected chi connectivity index (χ1v) is 6.56. The predicted octanol–water partition coefficient (Wildman–Crippen LogP) is 4.66. The van der Waals surface area contributed by atoms with Crippen LogP contribution in [0.3, 0.4) is 0 Å². The van der Waals surface area contributed by atoms with E-state index in [0.717, 1.165) is 15.7 Å². The number of nitrogens with one attached hydrogen (secondary N) is 1. The van der Waals surface area contributed by atoms with Gasteiger partial charge in [0.15, 0.2) is 0 Å². The molecule has 18 heavy (non-hydrogen) atoms. The van der Waals surface area contributed by atoms with E-state index >= 15 is 0 Å². The first-order valence-electron chi connectivity index (χ1n) is 5.39. The van der Waals surface area contributed by atoms with E-state index in [4.69, 9.17) is 11.6 Å². The zero-order chi connectivity index (χ0) is 13.1. The minimum Gasteiger partial charge on any atom is -0.322 e. The van der Waals surface area contributed by atoms with E-state index in [9.17, 15) is 4.79 Å². The average molecular weight is 325 g/mol. The van der Waals surface area contributed by atoms with Crippen molar-refractivity contribution in [1.29, 1.82) is 0 Å². The molecule has 0 heterocycles. The summed E-state index contributed by atoms with van der Waals surface area (Å²) >= 11 is 9.24. The zero-order valence-corrected chi connectivity index (χ0v) is 12.0. The van der Waals surface area contributed by atoms with Crippen molar-refractivity contribution in [3.63, 3.8) is 0 Å². The summed E-state index contributed by atoms with van der Waals surface area (Å²) in [6.07, 6.45) is 0. The normalized spacial score (nSPS) is 10.2. The molecule has 0 aromatic heterocycles. The van der Waals surface area contributed by atoms with E-state index in [-0.39, 0.29) is 5.91 Å². The van der Waals surface area contributed by atoms with Crippen LogP contribution in [0.25, 0.3) is 0 Å². The van der Waals surface area contributed by atoms with Gasteiger partial charge in [0, 0.05) is 20.7 Å². The first kappa shape index (κ1) is 13.1. The molecular weight excluding hydrogens is 314 g/mol. The molecular formula is C14H11BrClNO. The van der Waals surface area contributed by atoms with Crippen LogP contribution in [0.5, 0.6) is 0 Å². The van der Waals surface area contributed by atoms with E-state index in [1.807, 2.05) is 25.1 Å². The number of hydrogen-bond acceptors (Lipinski definition) is 1. The van der Waals surface area contributed by atoms with Crippen molar-refractivity contribution in [3.05, 3.63) is 63.1 Å². The van der Waals surface area contributed by atoms with E-state index in [1.54, 1.807) is 24.3 Å². The topological polar surface area (TPSA) is 29.1 Å².